The van der Waals surface area contributed by atoms with Gasteiger partial charge in [0.1, 0.15) is 5.75 Å². The number of ether oxygens (including phenoxy) is 1. The van der Waals surface area contributed by atoms with E-state index in [9.17, 15) is 4.79 Å². The van der Waals surface area contributed by atoms with Crippen LogP contribution in [-0.4, -0.2) is 12.9 Å². The molecule has 0 unspecified atom stereocenters. The predicted octanol–water partition coefficient (Wildman–Crippen LogP) is 3.47. The molecule has 0 spiro atoms. The molecular weight excluding hydrogens is 200 g/mol. The molecule has 0 amide bonds. The van der Waals surface area contributed by atoms with Gasteiger partial charge in [-0.15, -0.1) is 0 Å². The Balaban J connectivity index is 2.52. The van der Waals surface area contributed by atoms with Crippen LogP contribution in [0.2, 0.25) is 0 Å². The Bertz CT molecular complexity index is 350. The summed E-state index contributed by atoms with van der Waals surface area (Å²) < 4.78 is 5.06. The van der Waals surface area contributed by atoms with Crippen molar-refractivity contribution in [1.29, 1.82) is 0 Å². The molecular formula is C14H18O2. The lowest BCUT2D eigenvalue weighted by molar-refractivity contribution is -0.114. The van der Waals surface area contributed by atoms with Crippen molar-refractivity contribution < 1.29 is 9.53 Å². The summed E-state index contributed by atoms with van der Waals surface area (Å²) in [6, 6.07) is 7.64. The Morgan fingerprint density at radius 3 is 2.56 bits per heavy atom. The zero-order valence-electron chi connectivity index (χ0n) is 9.90. The minimum absolute atomic E-state index is 0.192. The quantitative estimate of drug-likeness (QED) is 0.683. The van der Waals surface area contributed by atoms with E-state index >= 15 is 0 Å². The van der Waals surface area contributed by atoms with Crippen LogP contribution >= 0.6 is 0 Å². The van der Waals surface area contributed by atoms with Crippen molar-refractivity contribution in [2.45, 2.75) is 26.2 Å². The molecule has 16 heavy (non-hydrogen) atoms. The van der Waals surface area contributed by atoms with Crippen LogP contribution in [0.4, 0.5) is 0 Å². The molecule has 0 saturated heterocycles. The van der Waals surface area contributed by atoms with Crippen LogP contribution in [0.25, 0.3) is 6.08 Å². The average molecular weight is 218 g/mol. The Hall–Kier alpha value is -1.57. The fraction of sp³-hybridized carbons (Fsp3) is 0.357. The molecule has 0 aliphatic rings. The number of rotatable bonds is 6. The molecule has 1 aromatic carbocycles. The number of unbranched alkanes of at least 4 members (excludes halogenated alkanes) is 1. The maximum absolute atomic E-state index is 11.4. The summed E-state index contributed by atoms with van der Waals surface area (Å²) in [4.78, 5) is 11.4. The number of allylic oxidation sites excluding steroid dienone is 1. The van der Waals surface area contributed by atoms with E-state index in [2.05, 4.69) is 6.92 Å². The molecule has 0 atom stereocenters. The van der Waals surface area contributed by atoms with E-state index in [4.69, 9.17) is 4.74 Å². The third-order valence-electron chi connectivity index (χ3n) is 2.35. The number of hydrogen-bond acceptors (Lipinski definition) is 2. The highest BCUT2D eigenvalue weighted by molar-refractivity contribution is 5.93. The van der Waals surface area contributed by atoms with Gasteiger partial charge < -0.3 is 4.74 Å². The van der Waals surface area contributed by atoms with Gasteiger partial charge in [0.15, 0.2) is 5.78 Å². The van der Waals surface area contributed by atoms with Crippen molar-refractivity contribution in [2.24, 2.45) is 0 Å². The third-order valence-corrected chi connectivity index (χ3v) is 2.35. The van der Waals surface area contributed by atoms with Crippen molar-refractivity contribution in [1.82, 2.24) is 0 Å². The number of benzene rings is 1. The van der Waals surface area contributed by atoms with Gasteiger partial charge >= 0.3 is 0 Å². The minimum Gasteiger partial charge on any atom is -0.497 e. The predicted molar refractivity (Wildman–Crippen MR) is 66.6 cm³/mol. The normalized spacial score (nSPS) is 10.6. The largest absolute Gasteiger partial charge is 0.497 e. The Labute approximate surface area is 96.9 Å². The maximum atomic E-state index is 11.4. The third kappa shape index (κ3) is 4.30. The molecule has 0 N–H and O–H groups in total. The number of ketones is 1. The van der Waals surface area contributed by atoms with E-state index < -0.39 is 0 Å². The lowest BCUT2D eigenvalue weighted by atomic mass is 10.1. The van der Waals surface area contributed by atoms with Crippen LogP contribution < -0.4 is 4.74 Å². The van der Waals surface area contributed by atoms with Crippen LogP contribution in [-0.2, 0) is 4.79 Å². The van der Waals surface area contributed by atoms with E-state index in [1.54, 1.807) is 13.2 Å². The topological polar surface area (TPSA) is 26.3 Å². The SMILES string of the molecule is CCCCC(=O)C=Cc1ccc(OC)cc1. The fourth-order valence-electron chi connectivity index (χ4n) is 1.34. The summed E-state index contributed by atoms with van der Waals surface area (Å²) >= 11 is 0. The number of carbonyl (C=O) groups is 1. The van der Waals surface area contributed by atoms with Crippen LogP contribution in [0.5, 0.6) is 5.75 Å². The van der Waals surface area contributed by atoms with Gasteiger partial charge in [-0.3, -0.25) is 4.79 Å². The second-order valence-electron chi connectivity index (χ2n) is 3.68. The first kappa shape index (κ1) is 12.5. The van der Waals surface area contributed by atoms with E-state index in [1.165, 1.54) is 0 Å². The Morgan fingerprint density at radius 2 is 2.00 bits per heavy atom. The molecule has 2 nitrogen and oxygen atoms in total. The molecule has 2 heteroatoms. The van der Waals surface area contributed by atoms with Crippen molar-refractivity contribution >= 4 is 11.9 Å². The van der Waals surface area contributed by atoms with Crippen LogP contribution in [0, 0.1) is 0 Å². The summed E-state index contributed by atoms with van der Waals surface area (Å²) in [5, 5.41) is 0. The standard InChI is InChI=1S/C14H18O2/c1-3-4-5-13(15)9-6-12-7-10-14(16-2)11-8-12/h6-11H,3-5H2,1-2H3. The number of carbonyl (C=O) groups excluding carboxylic acids is 1. The molecule has 1 aromatic rings. The summed E-state index contributed by atoms with van der Waals surface area (Å²) in [6.07, 6.45) is 6.16. The van der Waals surface area contributed by atoms with Gasteiger partial charge in [0.05, 0.1) is 7.11 Å². The molecule has 0 aromatic heterocycles. The van der Waals surface area contributed by atoms with Crippen molar-refractivity contribution in [3.05, 3.63) is 35.9 Å². The Kier molecular flexibility index (Phi) is 5.34. The molecule has 0 bridgehead atoms. The lowest BCUT2D eigenvalue weighted by Gasteiger charge is -1.98. The maximum Gasteiger partial charge on any atom is 0.155 e. The lowest BCUT2D eigenvalue weighted by Crippen LogP contribution is -1.91. The second-order valence-corrected chi connectivity index (χ2v) is 3.68. The number of methoxy groups -OCH3 is 1. The molecule has 86 valence electrons. The van der Waals surface area contributed by atoms with Gasteiger partial charge in [-0.2, -0.15) is 0 Å². The number of hydrogen-bond donors (Lipinski definition) is 0. The smallest absolute Gasteiger partial charge is 0.155 e. The summed E-state index contributed by atoms with van der Waals surface area (Å²) in [7, 11) is 1.64. The van der Waals surface area contributed by atoms with Crippen LogP contribution in [0.15, 0.2) is 30.3 Å². The van der Waals surface area contributed by atoms with Gasteiger partial charge in [-0.25, -0.2) is 0 Å². The van der Waals surface area contributed by atoms with E-state index in [1.807, 2.05) is 30.3 Å². The van der Waals surface area contributed by atoms with Gasteiger partial charge in [0.2, 0.25) is 0 Å². The van der Waals surface area contributed by atoms with E-state index in [0.29, 0.717) is 6.42 Å². The molecule has 1 rings (SSSR count). The van der Waals surface area contributed by atoms with E-state index in [-0.39, 0.29) is 5.78 Å². The molecule has 0 aliphatic carbocycles. The Morgan fingerprint density at radius 1 is 1.31 bits per heavy atom. The molecule has 0 fully saturated rings. The molecule has 0 saturated carbocycles. The fourth-order valence-corrected chi connectivity index (χ4v) is 1.34. The minimum atomic E-state index is 0.192. The van der Waals surface area contributed by atoms with Crippen molar-refractivity contribution in [3.8, 4) is 5.75 Å². The van der Waals surface area contributed by atoms with Gasteiger partial charge in [-0.05, 0) is 30.2 Å². The van der Waals surface area contributed by atoms with Crippen LogP contribution in [0.1, 0.15) is 31.7 Å². The van der Waals surface area contributed by atoms with Gasteiger partial charge in [-0.1, -0.05) is 31.6 Å². The molecule has 0 heterocycles. The van der Waals surface area contributed by atoms with Gasteiger partial charge in [0, 0.05) is 6.42 Å². The molecule has 0 aliphatic heterocycles. The monoisotopic (exact) mass is 218 g/mol. The van der Waals surface area contributed by atoms with Gasteiger partial charge in [0.25, 0.3) is 0 Å². The zero-order chi connectivity index (χ0) is 11.8. The first-order valence-electron chi connectivity index (χ1n) is 5.61. The molecule has 0 radical (unpaired) electrons. The highest BCUT2D eigenvalue weighted by Gasteiger charge is 1.95. The first-order valence-corrected chi connectivity index (χ1v) is 5.61. The van der Waals surface area contributed by atoms with Crippen molar-refractivity contribution in [3.63, 3.8) is 0 Å². The second kappa shape index (κ2) is 6.83. The highest BCUT2D eigenvalue weighted by Crippen LogP contribution is 2.12. The summed E-state index contributed by atoms with van der Waals surface area (Å²) in [5.41, 5.74) is 1.02. The first-order chi connectivity index (χ1) is 7.76. The summed E-state index contributed by atoms with van der Waals surface area (Å²) in [6.45, 7) is 2.08. The van der Waals surface area contributed by atoms with Crippen molar-refractivity contribution in [2.75, 3.05) is 7.11 Å². The summed E-state index contributed by atoms with van der Waals surface area (Å²) in [5.74, 6) is 1.02. The average Bonchev–Trinajstić information content (AvgIpc) is 2.34. The van der Waals surface area contributed by atoms with Crippen LogP contribution in [0.3, 0.4) is 0 Å². The highest BCUT2D eigenvalue weighted by atomic mass is 16.5. The zero-order valence-corrected chi connectivity index (χ0v) is 9.90. The van der Waals surface area contributed by atoms with E-state index in [0.717, 1.165) is 24.2 Å².